The Labute approximate surface area is 102 Å². The highest BCUT2D eigenvalue weighted by Gasteiger charge is 2.28. The maximum Gasteiger partial charge on any atom is 0.228 e. The van der Waals surface area contributed by atoms with E-state index in [4.69, 9.17) is 10.5 Å². The van der Waals surface area contributed by atoms with E-state index in [0.717, 1.165) is 13.1 Å². The first-order chi connectivity index (χ1) is 8.06. The lowest BCUT2D eigenvalue weighted by Gasteiger charge is -2.16. The molecule has 2 heterocycles. The summed E-state index contributed by atoms with van der Waals surface area (Å²) in [5.41, 5.74) is 6.00. The second kappa shape index (κ2) is 4.87. The molecule has 2 rings (SSSR count). The first kappa shape index (κ1) is 12.1. The minimum absolute atomic E-state index is 0.123. The normalized spacial score (nSPS) is 24.4. The van der Waals surface area contributed by atoms with Gasteiger partial charge in [0.2, 0.25) is 11.8 Å². The summed E-state index contributed by atoms with van der Waals surface area (Å²) in [5.74, 6) is 1.81. The van der Waals surface area contributed by atoms with Crippen LogP contribution in [0.5, 0.6) is 5.88 Å². The van der Waals surface area contributed by atoms with E-state index in [-0.39, 0.29) is 12.1 Å². The van der Waals surface area contributed by atoms with Crippen LogP contribution in [0.25, 0.3) is 0 Å². The molecule has 2 N–H and O–H groups in total. The zero-order valence-corrected chi connectivity index (χ0v) is 10.6. The monoisotopic (exact) mass is 236 g/mol. The largest absolute Gasteiger partial charge is 0.475 e. The fourth-order valence-electron chi connectivity index (χ4n) is 1.95. The fourth-order valence-corrected chi connectivity index (χ4v) is 1.95. The van der Waals surface area contributed by atoms with Gasteiger partial charge in [-0.2, -0.15) is 4.98 Å². The topological polar surface area (TPSA) is 64.3 Å². The summed E-state index contributed by atoms with van der Waals surface area (Å²) in [4.78, 5) is 10.8. The number of hydrogen-bond acceptors (Lipinski definition) is 5. The number of ether oxygens (including phenoxy) is 1. The second-order valence-corrected chi connectivity index (χ2v) is 4.91. The summed E-state index contributed by atoms with van der Waals surface area (Å²) in [6, 6.07) is 1.98. The Bertz CT molecular complexity index is 373. The van der Waals surface area contributed by atoms with Gasteiger partial charge in [0.1, 0.15) is 0 Å². The molecular weight excluding hydrogens is 216 g/mol. The van der Waals surface area contributed by atoms with Gasteiger partial charge in [-0.25, -0.2) is 4.98 Å². The molecule has 0 bridgehead atoms. The highest BCUT2D eigenvalue weighted by Crippen LogP contribution is 2.21. The van der Waals surface area contributed by atoms with Gasteiger partial charge < -0.3 is 15.4 Å². The number of anilines is 1. The Morgan fingerprint density at radius 1 is 1.47 bits per heavy atom. The van der Waals surface area contributed by atoms with Crippen molar-refractivity contribution in [2.45, 2.75) is 32.9 Å². The fraction of sp³-hybridized carbons (Fsp3) is 0.667. The lowest BCUT2D eigenvalue weighted by molar-refractivity contribution is 0.232. The van der Waals surface area contributed by atoms with E-state index in [2.05, 4.69) is 21.8 Å². The Morgan fingerprint density at radius 3 is 2.82 bits per heavy atom. The van der Waals surface area contributed by atoms with Crippen LogP contribution in [0.2, 0.25) is 0 Å². The Balaban J connectivity index is 2.11. The van der Waals surface area contributed by atoms with Gasteiger partial charge in [-0.05, 0) is 19.8 Å². The molecule has 2 unspecified atom stereocenters. The van der Waals surface area contributed by atoms with Gasteiger partial charge in [0, 0.05) is 31.4 Å². The second-order valence-electron chi connectivity index (χ2n) is 4.91. The molecule has 0 spiro atoms. The molecule has 1 aliphatic heterocycles. The lowest BCUT2D eigenvalue weighted by atomic mass is 10.1. The maximum absolute atomic E-state index is 6.00. The molecule has 1 aromatic heterocycles. The summed E-state index contributed by atoms with van der Waals surface area (Å²) in [6.45, 7) is 7.84. The Hall–Kier alpha value is -1.36. The van der Waals surface area contributed by atoms with Gasteiger partial charge in [0.25, 0.3) is 0 Å². The third-order valence-corrected chi connectivity index (χ3v) is 2.93. The summed E-state index contributed by atoms with van der Waals surface area (Å²) < 4.78 is 5.56. The molecular formula is C12H20N4O. The Morgan fingerprint density at radius 2 is 2.24 bits per heavy atom. The van der Waals surface area contributed by atoms with Crippen molar-refractivity contribution >= 4 is 5.95 Å². The molecule has 94 valence electrons. The molecule has 0 amide bonds. The lowest BCUT2D eigenvalue weighted by Crippen LogP contribution is -2.29. The van der Waals surface area contributed by atoms with Crippen molar-refractivity contribution in [3.63, 3.8) is 0 Å². The van der Waals surface area contributed by atoms with Gasteiger partial charge in [-0.1, -0.05) is 6.92 Å². The zero-order chi connectivity index (χ0) is 12.4. The van der Waals surface area contributed by atoms with Crippen molar-refractivity contribution in [3.05, 3.63) is 12.3 Å². The average Bonchev–Trinajstić information content (AvgIpc) is 2.59. The molecule has 0 aromatic carbocycles. The van der Waals surface area contributed by atoms with Crippen LogP contribution in [-0.2, 0) is 0 Å². The number of nitrogens with two attached hydrogens (primary N) is 1. The number of rotatable bonds is 3. The standard InChI is InChI=1S/C12H20N4O/c1-8(2)17-11-4-5-14-12(15-11)16-6-9(3)10(13)7-16/h4-5,8-10H,6-7,13H2,1-3H3. The minimum atomic E-state index is 0.123. The molecule has 1 aliphatic rings. The van der Waals surface area contributed by atoms with E-state index in [1.165, 1.54) is 0 Å². The zero-order valence-electron chi connectivity index (χ0n) is 10.6. The van der Waals surface area contributed by atoms with Crippen molar-refractivity contribution in [2.24, 2.45) is 11.7 Å². The smallest absolute Gasteiger partial charge is 0.228 e. The Kier molecular flexibility index (Phi) is 3.47. The number of aromatic nitrogens is 2. The van der Waals surface area contributed by atoms with E-state index in [9.17, 15) is 0 Å². The van der Waals surface area contributed by atoms with Crippen LogP contribution < -0.4 is 15.4 Å². The molecule has 1 aromatic rings. The van der Waals surface area contributed by atoms with Crippen LogP contribution in [0.1, 0.15) is 20.8 Å². The number of hydrogen-bond donors (Lipinski definition) is 1. The van der Waals surface area contributed by atoms with Gasteiger partial charge in [0.05, 0.1) is 6.10 Å². The molecule has 2 atom stereocenters. The van der Waals surface area contributed by atoms with Gasteiger partial charge >= 0.3 is 0 Å². The van der Waals surface area contributed by atoms with Crippen molar-refractivity contribution in [2.75, 3.05) is 18.0 Å². The van der Waals surface area contributed by atoms with Crippen LogP contribution in [0.3, 0.4) is 0 Å². The first-order valence-corrected chi connectivity index (χ1v) is 6.06. The van der Waals surface area contributed by atoms with Crippen LogP contribution in [0, 0.1) is 5.92 Å². The van der Waals surface area contributed by atoms with Crippen molar-refractivity contribution in [3.8, 4) is 5.88 Å². The van der Waals surface area contributed by atoms with Crippen LogP contribution in [0.15, 0.2) is 12.3 Å². The van der Waals surface area contributed by atoms with E-state index >= 15 is 0 Å². The summed E-state index contributed by atoms with van der Waals surface area (Å²) in [6.07, 6.45) is 1.85. The molecule has 0 radical (unpaired) electrons. The molecule has 0 aliphatic carbocycles. The number of nitrogens with zero attached hydrogens (tertiary/aromatic N) is 3. The van der Waals surface area contributed by atoms with E-state index in [1.54, 1.807) is 12.3 Å². The highest BCUT2D eigenvalue weighted by atomic mass is 16.5. The van der Waals surface area contributed by atoms with E-state index in [1.807, 2.05) is 13.8 Å². The van der Waals surface area contributed by atoms with Gasteiger partial charge in [-0.15, -0.1) is 0 Å². The quantitative estimate of drug-likeness (QED) is 0.849. The van der Waals surface area contributed by atoms with Gasteiger partial charge in [-0.3, -0.25) is 0 Å². The summed E-state index contributed by atoms with van der Waals surface area (Å²) in [7, 11) is 0. The highest BCUT2D eigenvalue weighted by molar-refractivity contribution is 5.34. The minimum Gasteiger partial charge on any atom is -0.475 e. The summed E-state index contributed by atoms with van der Waals surface area (Å²) >= 11 is 0. The third-order valence-electron chi connectivity index (χ3n) is 2.93. The molecule has 17 heavy (non-hydrogen) atoms. The van der Waals surface area contributed by atoms with Crippen LogP contribution >= 0.6 is 0 Å². The molecule has 5 heteroatoms. The van der Waals surface area contributed by atoms with Crippen molar-refractivity contribution in [1.29, 1.82) is 0 Å². The van der Waals surface area contributed by atoms with E-state index < -0.39 is 0 Å². The van der Waals surface area contributed by atoms with E-state index in [0.29, 0.717) is 17.7 Å². The molecule has 5 nitrogen and oxygen atoms in total. The predicted octanol–water partition coefficient (Wildman–Crippen LogP) is 1.05. The molecule has 0 saturated carbocycles. The average molecular weight is 236 g/mol. The third kappa shape index (κ3) is 2.85. The predicted molar refractivity (Wildman–Crippen MR) is 67.1 cm³/mol. The molecule has 1 fully saturated rings. The van der Waals surface area contributed by atoms with Crippen LogP contribution in [-0.4, -0.2) is 35.2 Å². The SMILES string of the molecule is CC(C)Oc1ccnc(N2CC(C)C(N)C2)n1. The van der Waals surface area contributed by atoms with Crippen molar-refractivity contribution in [1.82, 2.24) is 9.97 Å². The van der Waals surface area contributed by atoms with Gasteiger partial charge in [0.15, 0.2) is 0 Å². The maximum atomic E-state index is 6.00. The van der Waals surface area contributed by atoms with Crippen LogP contribution in [0.4, 0.5) is 5.95 Å². The first-order valence-electron chi connectivity index (χ1n) is 6.06. The molecule has 1 saturated heterocycles. The summed E-state index contributed by atoms with van der Waals surface area (Å²) in [5, 5.41) is 0. The van der Waals surface area contributed by atoms with Crippen molar-refractivity contribution < 1.29 is 4.74 Å².